The summed E-state index contributed by atoms with van der Waals surface area (Å²) in [6.07, 6.45) is 2.07. The minimum Gasteiger partial charge on any atom is -0.492 e. The number of ether oxygens (including phenoxy) is 2. The molecule has 1 fully saturated rings. The van der Waals surface area contributed by atoms with Crippen LogP contribution in [0.2, 0.25) is 0 Å². The van der Waals surface area contributed by atoms with Crippen molar-refractivity contribution in [3.63, 3.8) is 0 Å². The first-order valence-electron chi connectivity index (χ1n) is 12.1. The van der Waals surface area contributed by atoms with Crippen LogP contribution in [-0.2, 0) is 0 Å². The van der Waals surface area contributed by atoms with Crippen LogP contribution in [0.15, 0.2) is 53.5 Å². The smallest absolute Gasteiger partial charge is 0.276 e. The summed E-state index contributed by atoms with van der Waals surface area (Å²) < 4.78 is 11.8. The molecule has 1 atom stereocenters. The first-order valence-corrected chi connectivity index (χ1v) is 12.1. The van der Waals surface area contributed by atoms with E-state index in [0.29, 0.717) is 17.9 Å². The number of amides is 1. The van der Waals surface area contributed by atoms with Crippen LogP contribution in [0.1, 0.15) is 55.7 Å². The first-order chi connectivity index (χ1) is 16.7. The van der Waals surface area contributed by atoms with Crippen LogP contribution in [0.3, 0.4) is 0 Å². The van der Waals surface area contributed by atoms with E-state index in [4.69, 9.17) is 15.2 Å². The second-order valence-corrected chi connectivity index (χ2v) is 9.75. The molecule has 0 aromatic heterocycles. The highest BCUT2D eigenvalue weighted by atomic mass is 16.5. The Morgan fingerprint density at radius 2 is 1.69 bits per heavy atom. The summed E-state index contributed by atoms with van der Waals surface area (Å²) in [4.78, 5) is 20.3. The Morgan fingerprint density at radius 1 is 1.06 bits per heavy atom. The highest BCUT2D eigenvalue weighted by Crippen LogP contribution is 2.30. The Balaban J connectivity index is 1.41. The molecular weight excluding hydrogens is 444 g/mol. The lowest BCUT2D eigenvalue weighted by molar-refractivity contribution is -0.0100. The van der Waals surface area contributed by atoms with Crippen molar-refractivity contribution in [2.75, 3.05) is 33.3 Å². The Morgan fingerprint density at radius 3 is 2.29 bits per heavy atom. The number of carbonyl (C=O) groups excluding carboxylic acids is 1. The number of hydrogen-bond acceptors (Lipinski definition) is 8. The summed E-state index contributed by atoms with van der Waals surface area (Å²) in [5.74, 6) is 1.34. The van der Waals surface area contributed by atoms with Crippen molar-refractivity contribution in [3.8, 4) is 11.5 Å². The number of nitrogens with two attached hydrogens (primary N) is 1. The van der Waals surface area contributed by atoms with E-state index in [-0.39, 0.29) is 17.5 Å². The van der Waals surface area contributed by atoms with E-state index in [2.05, 4.69) is 15.3 Å². The molecule has 188 valence electrons. The maximum atomic E-state index is 13.3. The summed E-state index contributed by atoms with van der Waals surface area (Å²) in [5.41, 5.74) is 10.3. The van der Waals surface area contributed by atoms with Gasteiger partial charge in [-0.2, -0.15) is 5.01 Å². The van der Waals surface area contributed by atoms with Gasteiger partial charge < -0.3 is 15.2 Å². The molecule has 35 heavy (non-hydrogen) atoms. The van der Waals surface area contributed by atoms with Crippen molar-refractivity contribution in [1.29, 1.82) is 0 Å². The number of benzene rings is 2. The van der Waals surface area contributed by atoms with Gasteiger partial charge in [0.25, 0.3) is 5.91 Å². The molecule has 1 unspecified atom stereocenters. The Bertz CT molecular complexity index is 1030. The van der Waals surface area contributed by atoms with Gasteiger partial charge in [-0.1, -0.05) is 12.1 Å². The molecule has 2 heterocycles. The molecule has 9 nitrogen and oxygen atoms in total. The summed E-state index contributed by atoms with van der Waals surface area (Å²) in [6.45, 7) is 9.86. The SMILES string of the molecule is CNN1C(c2ccc(OCCN3CCCC3)cc2)N=C(N)N1C(=O)c1ccc(OC(C)(C)C)cc1. The van der Waals surface area contributed by atoms with Crippen molar-refractivity contribution in [2.45, 2.75) is 45.4 Å². The largest absolute Gasteiger partial charge is 0.492 e. The van der Waals surface area contributed by atoms with Crippen molar-refractivity contribution in [3.05, 3.63) is 59.7 Å². The number of hydrazine groups is 2. The highest BCUT2D eigenvalue weighted by molar-refractivity contribution is 6.05. The van der Waals surface area contributed by atoms with E-state index in [1.165, 1.54) is 17.9 Å². The Kier molecular flexibility index (Phi) is 7.59. The maximum Gasteiger partial charge on any atom is 0.276 e. The van der Waals surface area contributed by atoms with Gasteiger partial charge in [0.05, 0.1) is 0 Å². The third-order valence-electron chi connectivity index (χ3n) is 5.92. The maximum absolute atomic E-state index is 13.3. The molecule has 2 aliphatic rings. The van der Waals surface area contributed by atoms with Crippen LogP contribution in [0.4, 0.5) is 0 Å². The molecule has 2 aromatic rings. The van der Waals surface area contributed by atoms with Gasteiger partial charge in [0, 0.05) is 19.2 Å². The predicted molar refractivity (Wildman–Crippen MR) is 136 cm³/mol. The van der Waals surface area contributed by atoms with Crippen LogP contribution in [-0.4, -0.2) is 65.8 Å². The number of carbonyl (C=O) groups is 1. The van der Waals surface area contributed by atoms with Gasteiger partial charge in [-0.3, -0.25) is 9.69 Å². The molecule has 0 saturated carbocycles. The molecule has 9 heteroatoms. The quantitative estimate of drug-likeness (QED) is 0.599. The van der Waals surface area contributed by atoms with E-state index in [1.54, 1.807) is 36.4 Å². The van der Waals surface area contributed by atoms with E-state index < -0.39 is 6.17 Å². The third kappa shape index (κ3) is 6.11. The molecule has 0 bridgehead atoms. The number of nitrogens with one attached hydrogen (secondary N) is 1. The van der Waals surface area contributed by atoms with Crippen molar-refractivity contribution in [1.82, 2.24) is 20.5 Å². The van der Waals surface area contributed by atoms with Gasteiger partial charge in [-0.05, 0) is 88.7 Å². The van der Waals surface area contributed by atoms with Crippen LogP contribution in [0, 0.1) is 0 Å². The average Bonchev–Trinajstić information content (AvgIpc) is 3.46. The molecule has 0 aliphatic carbocycles. The molecule has 4 rings (SSSR count). The molecule has 2 aromatic carbocycles. The second-order valence-electron chi connectivity index (χ2n) is 9.75. The summed E-state index contributed by atoms with van der Waals surface area (Å²) in [5, 5.41) is 2.98. The van der Waals surface area contributed by atoms with E-state index >= 15 is 0 Å². The zero-order valence-corrected chi connectivity index (χ0v) is 21.0. The fourth-order valence-corrected chi connectivity index (χ4v) is 4.27. The van der Waals surface area contributed by atoms with Gasteiger partial charge in [-0.25, -0.2) is 10.4 Å². The summed E-state index contributed by atoms with van der Waals surface area (Å²) in [6, 6.07) is 14.8. The molecular formula is C26H36N6O3. The average molecular weight is 481 g/mol. The van der Waals surface area contributed by atoms with Crippen LogP contribution >= 0.6 is 0 Å². The fraction of sp³-hybridized carbons (Fsp3) is 0.462. The number of hydrogen-bond donors (Lipinski definition) is 2. The van der Waals surface area contributed by atoms with Crippen LogP contribution < -0.4 is 20.6 Å². The van der Waals surface area contributed by atoms with Gasteiger partial charge in [0.2, 0.25) is 5.96 Å². The number of likely N-dealkylation sites (tertiary alicyclic amines) is 1. The fourth-order valence-electron chi connectivity index (χ4n) is 4.27. The van der Waals surface area contributed by atoms with Gasteiger partial charge in [0.1, 0.15) is 23.7 Å². The van der Waals surface area contributed by atoms with Crippen molar-refractivity contribution in [2.24, 2.45) is 10.7 Å². The Hall–Kier alpha value is -3.14. The molecule has 2 aliphatic heterocycles. The normalized spacial score (nSPS) is 19.1. The summed E-state index contributed by atoms with van der Waals surface area (Å²) in [7, 11) is 1.73. The lowest BCUT2D eigenvalue weighted by atomic mass is 10.1. The van der Waals surface area contributed by atoms with Crippen LogP contribution in [0.25, 0.3) is 0 Å². The third-order valence-corrected chi connectivity index (χ3v) is 5.92. The van der Waals surface area contributed by atoms with Crippen molar-refractivity contribution >= 4 is 11.9 Å². The zero-order chi connectivity index (χ0) is 25.0. The standard InChI is InChI=1S/C26H36N6O3/c1-26(2,3)35-22-13-9-20(10-14-22)24(33)31-25(27)29-23(32(31)28-4)19-7-11-21(12-8-19)34-18-17-30-15-5-6-16-30/h7-14,23,28H,5-6,15-18H2,1-4H3,(H2,27,29). The molecule has 1 saturated heterocycles. The highest BCUT2D eigenvalue weighted by Gasteiger charge is 2.37. The lowest BCUT2D eigenvalue weighted by Crippen LogP contribution is -2.53. The minimum atomic E-state index is -0.480. The molecule has 0 radical (unpaired) electrons. The number of aliphatic imine (C=N–C) groups is 1. The van der Waals surface area contributed by atoms with Gasteiger partial charge >= 0.3 is 0 Å². The van der Waals surface area contributed by atoms with Crippen molar-refractivity contribution < 1.29 is 14.3 Å². The Labute approximate surface area is 207 Å². The van der Waals surface area contributed by atoms with Gasteiger partial charge in [-0.15, -0.1) is 5.12 Å². The zero-order valence-electron chi connectivity index (χ0n) is 21.0. The first kappa shape index (κ1) is 25.0. The molecule has 3 N–H and O–H groups in total. The number of nitrogens with zero attached hydrogens (tertiary/aromatic N) is 4. The van der Waals surface area contributed by atoms with Gasteiger partial charge in [0.15, 0.2) is 6.17 Å². The minimum absolute atomic E-state index is 0.121. The second kappa shape index (κ2) is 10.6. The monoisotopic (exact) mass is 480 g/mol. The van der Waals surface area contributed by atoms with E-state index in [9.17, 15) is 4.79 Å². The topological polar surface area (TPSA) is 95.7 Å². The van der Waals surface area contributed by atoms with Crippen LogP contribution in [0.5, 0.6) is 11.5 Å². The predicted octanol–water partition coefficient (Wildman–Crippen LogP) is 3.16. The summed E-state index contributed by atoms with van der Waals surface area (Å²) >= 11 is 0. The molecule has 0 spiro atoms. The van der Waals surface area contributed by atoms with E-state index in [1.807, 2.05) is 45.0 Å². The molecule has 1 amide bonds. The van der Waals surface area contributed by atoms with E-state index in [0.717, 1.165) is 30.9 Å². The number of guanidine groups is 1. The number of rotatable bonds is 8. The lowest BCUT2D eigenvalue weighted by Gasteiger charge is -2.30.